The van der Waals surface area contributed by atoms with Gasteiger partial charge in [0.15, 0.2) is 5.17 Å². The first-order valence-electron chi connectivity index (χ1n) is 9.99. The van der Waals surface area contributed by atoms with Crippen LogP contribution in [0.2, 0.25) is 0 Å². The lowest BCUT2D eigenvalue weighted by Gasteiger charge is -2.16. The van der Waals surface area contributed by atoms with Crippen molar-refractivity contribution >= 4 is 34.1 Å². The van der Waals surface area contributed by atoms with E-state index in [1.54, 1.807) is 26.2 Å². The van der Waals surface area contributed by atoms with Gasteiger partial charge in [-0.3, -0.25) is 9.69 Å². The van der Waals surface area contributed by atoms with Crippen LogP contribution in [0.5, 0.6) is 11.5 Å². The first-order chi connectivity index (χ1) is 15.1. The highest BCUT2D eigenvalue weighted by atomic mass is 32.2. The summed E-state index contributed by atoms with van der Waals surface area (Å²) < 4.78 is 10.4. The molecule has 2 aromatic carbocycles. The van der Waals surface area contributed by atoms with Gasteiger partial charge in [0.05, 0.1) is 24.8 Å². The molecule has 1 aliphatic carbocycles. The van der Waals surface area contributed by atoms with Crippen LogP contribution in [-0.4, -0.2) is 37.2 Å². The van der Waals surface area contributed by atoms with Crippen molar-refractivity contribution in [2.75, 3.05) is 21.3 Å². The minimum Gasteiger partial charge on any atom is -0.497 e. The summed E-state index contributed by atoms with van der Waals surface area (Å²) in [7, 11) is 5.06. The summed E-state index contributed by atoms with van der Waals surface area (Å²) in [5.41, 5.74) is 3.19. The van der Waals surface area contributed by atoms with E-state index in [4.69, 9.17) is 9.47 Å². The maximum Gasteiger partial charge on any atom is 0.266 e. The van der Waals surface area contributed by atoms with Gasteiger partial charge in [0.25, 0.3) is 5.91 Å². The number of carbonyl (C=O) groups excluding carboxylic acids is 1. The summed E-state index contributed by atoms with van der Waals surface area (Å²) in [4.78, 5) is 19.7. The number of hydrogen-bond acceptors (Lipinski definition) is 5. The van der Waals surface area contributed by atoms with Crippen LogP contribution in [-0.2, 0) is 4.79 Å². The maximum absolute atomic E-state index is 12.8. The van der Waals surface area contributed by atoms with E-state index >= 15 is 0 Å². The molecule has 31 heavy (non-hydrogen) atoms. The Morgan fingerprint density at radius 1 is 1.03 bits per heavy atom. The summed E-state index contributed by atoms with van der Waals surface area (Å²) in [5, 5.41) is 0.673. The van der Waals surface area contributed by atoms with Crippen molar-refractivity contribution in [1.82, 2.24) is 4.90 Å². The smallest absolute Gasteiger partial charge is 0.266 e. The van der Waals surface area contributed by atoms with Crippen LogP contribution in [0.4, 0.5) is 5.69 Å². The number of amidine groups is 1. The highest BCUT2D eigenvalue weighted by Crippen LogP contribution is 2.36. The summed E-state index contributed by atoms with van der Waals surface area (Å²) in [5.74, 6) is 1.75. The molecule has 0 bridgehead atoms. The average Bonchev–Trinajstić information content (AvgIpc) is 3.07. The number of likely N-dealkylation sites (N-methyl/N-ethyl adjacent to an activating group) is 1. The van der Waals surface area contributed by atoms with Crippen LogP contribution in [0.15, 0.2) is 82.7 Å². The summed E-state index contributed by atoms with van der Waals surface area (Å²) in [6, 6.07) is 15.5. The number of methoxy groups -OCH3 is 2. The highest BCUT2D eigenvalue weighted by Gasteiger charge is 2.31. The number of hydrogen-bond donors (Lipinski definition) is 0. The third-order valence-corrected chi connectivity index (χ3v) is 6.32. The number of allylic oxidation sites excluding steroid dienone is 5. The zero-order valence-electron chi connectivity index (χ0n) is 17.7. The molecule has 0 spiro atoms. The molecule has 6 heteroatoms. The largest absolute Gasteiger partial charge is 0.497 e. The van der Waals surface area contributed by atoms with E-state index in [-0.39, 0.29) is 11.8 Å². The van der Waals surface area contributed by atoms with Gasteiger partial charge in [0, 0.05) is 13.0 Å². The number of rotatable bonds is 5. The maximum atomic E-state index is 12.8. The standard InChI is InChI=1S/C25H24N2O3S/c1-27-24(28)23(31-25(27)26-20-9-13-22(30-3)14-10-20)16-17-5-4-6-19(15-17)18-7-11-21(29-2)12-8-18/h4-14,16-17H,15H2,1-3H3/b23-16-,26-25?. The minimum absolute atomic E-state index is 0.0220. The number of nitrogens with zero attached hydrogens (tertiary/aromatic N) is 2. The van der Waals surface area contributed by atoms with Gasteiger partial charge >= 0.3 is 0 Å². The first-order valence-corrected chi connectivity index (χ1v) is 10.8. The molecule has 5 nitrogen and oxygen atoms in total. The first kappa shape index (κ1) is 21.0. The van der Waals surface area contributed by atoms with Crippen LogP contribution in [0.25, 0.3) is 5.57 Å². The quantitative estimate of drug-likeness (QED) is 0.591. The molecule has 0 saturated carbocycles. The molecule has 0 aromatic heterocycles. The number of carbonyl (C=O) groups is 1. The van der Waals surface area contributed by atoms with Crippen LogP contribution in [0.3, 0.4) is 0 Å². The number of aliphatic imine (C=N–C) groups is 1. The Balaban J connectivity index is 1.49. The van der Waals surface area contributed by atoms with E-state index in [1.807, 2.05) is 42.5 Å². The van der Waals surface area contributed by atoms with Crippen molar-refractivity contribution in [2.45, 2.75) is 6.42 Å². The third kappa shape index (κ3) is 4.75. The van der Waals surface area contributed by atoms with E-state index in [9.17, 15) is 4.79 Å². The van der Waals surface area contributed by atoms with Gasteiger partial charge in [0.1, 0.15) is 11.5 Å². The Morgan fingerprint density at radius 3 is 2.32 bits per heavy atom. The molecule has 1 atom stereocenters. The van der Waals surface area contributed by atoms with Crippen LogP contribution >= 0.6 is 11.8 Å². The Morgan fingerprint density at radius 2 is 1.68 bits per heavy atom. The fourth-order valence-electron chi connectivity index (χ4n) is 3.47. The topological polar surface area (TPSA) is 51.1 Å². The summed E-state index contributed by atoms with van der Waals surface area (Å²) in [6.07, 6.45) is 9.21. The van der Waals surface area contributed by atoms with E-state index < -0.39 is 0 Å². The molecule has 2 aliphatic rings. The Hall–Kier alpha value is -3.25. The van der Waals surface area contributed by atoms with E-state index in [2.05, 4.69) is 35.4 Å². The predicted molar refractivity (Wildman–Crippen MR) is 127 cm³/mol. The van der Waals surface area contributed by atoms with Crippen molar-refractivity contribution in [1.29, 1.82) is 0 Å². The predicted octanol–water partition coefficient (Wildman–Crippen LogP) is 5.44. The lowest BCUT2D eigenvalue weighted by atomic mass is 9.89. The molecule has 1 amide bonds. The van der Waals surface area contributed by atoms with Gasteiger partial charge in [-0.05, 0) is 65.7 Å². The van der Waals surface area contributed by atoms with Crippen LogP contribution in [0, 0.1) is 5.92 Å². The number of amides is 1. The highest BCUT2D eigenvalue weighted by molar-refractivity contribution is 8.18. The molecule has 0 N–H and O–H groups in total. The SMILES string of the molecule is COc1ccc(N=C2S/C(=C\C3C=CC=C(c4ccc(OC)cc4)C3)C(=O)N2C)cc1. The lowest BCUT2D eigenvalue weighted by Crippen LogP contribution is -2.23. The monoisotopic (exact) mass is 432 g/mol. The third-order valence-electron chi connectivity index (χ3n) is 5.24. The van der Waals surface area contributed by atoms with Gasteiger partial charge in [0.2, 0.25) is 0 Å². The van der Waals surface area contributed by atoms with E-state index in [0.717, 1.165) is 29.2 Å². The van der Waals surface area contributed by atoms with Crippen molar-refractivity contribution in [3.8, 4) is 11.5 Å². The second-order valence-corrected chi connectivity index (χ2v) is 8.27. The van der Waals surface area contributed by atoms with Crippen LogP contribution < -0.4 is 9.47 Å². The number of benzene rings is 2. The van der Waals surface area contributed by atoms with E-state index in [0.29, 0.717) is 10.1 Å². The molecule has 158 valence electrons. The van der Waals surface area contributed by atoms with Crippen molar-refractivity contribution in [2.24, 2.45) is 10.9 Å². The molecular formula is C25H24N2O3S. The lowest BCUT2D eigenvalue weighted by molar-refractivity contribution is -0.121. The molecule has 2 aromatic rings. The zero-order valence-corrected chi connectivity index (χ0v) is 18.6. The number of thioether (sulfide) groups is 1. The normalized spacial score (nSPS) is 21.0. The molecule has 1 fully saturated rings. The summed E-state index contributed by atoms with van der Waals surface area (Å²) >= 11 is 1.41. The van der Waals surface area contributed by atoms with Crippen molar-refractivity contribution in [3.05, 3.63) is 83.3 Å². The van der Waals surface area contributed by atoms with Gasteiger partial charge in [-0.25, -0.2) is 4.99 Å². The molecule has 1 aliphatic heterocycles. The number of ether oxygens (including phenoxy) is 2. The minimum atomic E-state index is -0.0220. The molecule has 0 radical (unpaired) electrons. The molecular weight excluding hydrogens is 408 g/mol. The van der Waals surface area contributed by atoms with Crippen molar-refractivity contribution < 1.29 is 14.3 Å². The Labute approximate surface area is 186 Å². The second-order valence-electron chi connectivity index (χ2n) is 7.26. The second kappa shape index (κ2) is 9.27. The summed E-state index contributed by atoms with van der Waals surface area (Å²) in [6.45, 7) is 0. The van der Waals surface area contributed by atoms with Gasteiger partial charge in [-0.15, -0.1) is 0 Å². The van der Waals surface area contributed by atoms with E-state index in [1.165, 1.54) is 17.3 Å². The Bertz CT molecular complexity index is 1080. The zero-order chi connectivity index (χ0) is 21.8. The van der Waals surface area contributed by atoms with Gasteiger partial charge < -0.3 is 9.47 Å². The Kier molecular flexibility index (Phi) is 6.28. The van der Waals surface area contributed by atoms with Gasteiger partial charge in [-0.2, -0.15) is 0 Å². The molecule has 4 rings (SSSR count). The average molecular weight is 433 g/mol. The van der Waals surface area contributed by atoms with Crippen LogP contribution in [0.1, 0.15) is 12.0 Å². The molecule has 1 heterocycles. The fraction of sp³-hybridized carbons (Fsp3) is 0.200. The molecule has 1 saturated heterocycles. The van der Waals surface area contributed by atoms with Gasteiger partial charge in [-0.1, -0.05) is 36.4 Å². The van der Waals surface area contributed by atoms with Crippen molar-refractivity contribution in [3.63, 3.8) is 0 Å². The fourth-order valence-corrected chi connectivity index (χ4v) is 4.50. The molecule has 1 unspecified atom stereocenters.